The van der Waals surface area contributed by atoms with Gasteiger partial charge >= 0.3 is 0 Å². The van der Waals surface area contributed by atoms with E-state index in [1.54, 1.807) is 0 Å². The molecule has 0 amide bonds. The van der Waals surface area contributed by atoms with Gasteiger partial charge < -0.3 is 15.2 Å². The van der Waals surface area contributed by atoms with Gasteiger partial charge in [-0.3, -0.25) is 0 Å². The van der Waals surface area contributed by atoms with Crippen LogP contribution >= 0.6 is 15.9 Å². The molecule has 2 rings (SSSR count). The number of benzene rings is 1. The zero-order valence-electron chi connectivity index (χ0n) is 10.0. The fourth-order valence-electron chi connectivity index (χ4n) is 2.08. The Labute approximate surface area is 110 Å². The summed E-state index contributed by atoms with van der Waals surface area (Å²) in [6.07, 6.45) is 2.20. The molecule has 94 valence electrons. The largest absolute Gasteiger partial charge is 0.506 e. The van der Waals surface area contributed by atoms with Crippen molar-refractivity contribution in [3.8, 4) is 5.75 Å². The summed E-state index contributed by atoms with van der Waals surface area (Å²) in [5.41, 5.74) is 0.929. The lowest BCUT2D eigenvalue weighted by Crippen LogP contribution is -2.48. The highest BCUT2D eigenvalue weighted by Gasteiger charge is 2.26. The van der Waals surface area contributed by atoms with Crippen LogP contribution in [0.5, 0.6) is 5.75 Å². The van der Waals surface area contributed by atoms with Gasteiger partial charge in [0.05, 0.1) is 11.1 Å². The number of phenolic OH excluding ortho intramolecular Hbond substituents is 1. The molecular weight excluding hydrogens is 282 g/mol. The van der Waals surface area contributed by atoms with E-state index < -0.39 is 0 Å². The molecule has 1 atom stereocenters. The monoisotopic (exact) mass is 299 g/mol. The number of ether oxygens (including phenoxy) is 1. The van der Waals surface area contributed by atoms with Gasteiger partial charge in [-0.1, -0.05) is 12.1 Å². The molecule has 0 aliphatic carbocycles. The lowest BCUT2D eigenvalue weighted by molar-refractivity contribution is 0.0277. The van der Waals surface area contributed by atoms with Gasteiger partial charge in [0.2, 0.25) is 0 Å². The molecule has 0 saturated carbocycles. The Bertz CT molecular complexity index is 389. The summed E-state index contributed by atoms with van der Waals surface area (Å²) in [6.45, 7) is 4.42. The lowest BCUT2D eigenvalue weighted by Gasteiger charge is -2.34. The maximum atomic E-state index is 9.89. The van der Waals surface area contributed by atoms with Crippen LogP contribution in [0, 0.1) is 0 Å². The third-order valence-corrected chi connectivity index (χ3v) is 3.85. The van der Waals surface area contributed by atoms with Gasteiger partial charge in [0, 0.05) is 24.3 Å². The molecule has 0 bridgehead atoms. The minimum Gasteiger partial charge on any atom is -0.506 e. The minimum absolute atomic E-state index is 0.0208. The third-order valence-electron chi connectivity index (χ3n) is 3.21. The summed E-state index contributed by atoms with van der Waals surface area (Å²) in [6, 6.07) is 5.70. The van der Waals surface area contributed by atoms with Gasteiger partial charge in [-0.15, -0.1) is 0 Å². The zero-order valence-corrected chi connectivity index (χ0v) is 11.6. The first-order chi connectivity index (χ1) is 8.11. The van der Waals surface area contributed by atoms with E-state index in [2.05, 4.69) is 28.2 Å². The summed E-state index contributed by atoms with van der Waals surface area (Å²) in [7, 11) is 0. The Morgan fingerprint density at radius 3 is 3.06 bits per heavy atom. The number of para-hydroxylation sites is 1. The minimum atomic E-state index is 0.0208. The van der Waals surface area contributed by atoms with E-state index in [0.717, 1.165) is 36.1 Å². The van der Waals surface area contributed by atoms with Crippen LogP contribution in [-0.2, 0) is 11.3 Å². The van der Waals surface area contributed by atoms with Crippen LogP contribution in [0.1, 0.15) is 25.3 Å². The fourth-order valence-corrected chi connectivity index (χ4v) is 2.49. The Hall–Kier alpha value is -0.580. The van der Waals surface area contributed by atoms with Crippen LogP contribution in [0.15, 0.2) is 22.7 Å². The SMILES string of the molecule is CC1(NCc2cccc(Br)c2O)CCCOC1. The number of aromatic hydroxyl groups is 1. The van der Waals surface area contributed by atoms with Crippen LogP contribution in [0.4, 0.5) is 0 Å². The van der Waals surface area contributed by atoms with Gasteiger partial charge in [-0.05, 0) is 41.8 Å². The van der Waals surface area contributed by atoms with Crippen molar-refractivity contribution in [3.63, 3.8) is 0 Å². The number of hydrogen-bond acceptors (Lipinski definition) is 3. The van der Waals surface area contributed by atoms with Gasteiger partial charge in [-0.2, -0.15) is 0 Å². The van der Waals surface area contributed by atoms with Crippen molar-refractivity contribution >= 4 is 15.9 Å². The Balaban J connectivity index is 1.99. The molecule has 0 aromatic heterocycles. The number of phenols is 1. The van der Waals surface area contributed by atoms with E-state index in [1.807, 2.05) is 18.2 Å². The average molecular weight is 300 g/mol. The molecule has 1 heterocycles. The fraction of sp³-hybridized carbons (Fsp3) is 0.538. The van der Waals surface area contributed by atoms with Crippen molar-refractivity contribution in [2.45, 2.75) is 31.8 Å². The smallest absolute Gasteiger partial charge is 0.134 e. The molecule has 3 nitrogen and oxygen atoms in total. The molecule has 2 N–H and O–H groups in total. The summed E-state index contributed by atoms with van der Waals surface area (Å²) in [4.78, 5) is 0. The van der Waals surface area contributed by atoms with Gasteiger partial charge in [0.15, 0.2) is 0 Å². The Kier molecular flexibility index (Phi) is 4.07. The molecule has 1 aromatic rings. The second-order valence-corrected chi connectivity index (χ2v) is 5.67. The highest BCUT2D eigenvalue weighted by molar-refractivity contribution is 9.10. The third kappa shape index (κ3) is 3.21. The summed E-state index contributed by atoms with van der Waals surface area (Å²) in [5.74, 6) is 0.320. The molecular formula is C13H18BrNO2. The van der Waals surface area contributed by atoms with Gasteiger partial charge in [-0.25, -0.2) is 0 Å². The first kappa shape index (κ1) is 12.9. The Morgan fingerprint density at radius 2 is 2.35 bits per heavy atom. The molecule has 1 fully saturated rings. The quantitative estimate of drug-likeness (QED) is 0.902. The van der Waals surface area contributed by atoms with Crippen molar-refractivity contribution in [2.24, 2.45) is 0 Å². The first-order valence-electron chi connectivity index (χ1n) is 5.90. The van der Waals surface area contributed by atoms with Crippen molar-refractivity contribution in [3.05, 3.63) is 28.2 Å². The van der Waals surface area contributed by atoms with Crippen LogP contribution in [0.25, 0.3) is 0 Å². The number of nitrogens with one attached hydrogen (secondary N) is 1. The van der Waals surface area contributed by atoms with Crippen LogP contribution in [0.3, 0.4) is 0 Å². The van der Waals surface area contributed by atoms with Crippen molar-refractivity contribution < 1.29 is 9.84 Å². The first-order valence-corrected chi connectivity index (χ1v) is 6.69. The normalized spacial score (nSPS) is 24.8. The number of hydrogen-bond donors (Lipinski definition) is 2. The Morgan fingerprint density at radius 1 is 1.53 bits per heavy atom. The van der Waals surface area contributed by atoms with Crippen LogP contribution in [0.2, 0.25) is 0 Å². The standard InChI is InChI=1S/C13H18BrNO2/c1-13(6-3-7-17-9-13)15-8-10-4-2-5-11(14)12(10)16/h2,4-5,15-16H,3,6-9H2,1H3. The molecule has 0 radical (unpaired) electrons. The summed E-state index contributed by atoms with van der Waals surface area (Å²) in [5, 5.41) is 13.4. The topological polar surface area (TPSA) is 41.5 Å². The van der Waals surface area contributed by atoms with Crippen LogP contribution in [-0.4, -0.2) is 23.9 Å². The van der Waals surface area contributed by atoms with E-state index in [9.17, 15) is 5.11 Å². The van der Waals surface area contributed by atoms with E-state index in [-0.39, 0.29) is 5.54 Å². The zero-order chi connectivity index (χ0) is 12.3. The van der Waals surface area contributed by atoms with E-state index >= 15 is 0 Å². The maximum absolute atomic E-state index is 9.89. The molecule has 17 heavy (non-hydrogen) atoms. The number of halogens is 1. The van der Waals surface area contributed by atoms with E-state index in [0.29, 0.717) is 12.3 Å². The maximum Gasteiger partial charge on any atom is 0.134 e. The molecule has 1 aliphatic heterocycles. The predicted molar refractivity (Wildman–Crippen MR) is 71.1 cm³/mol. The second kappa shape index (κ2) is 5.38. The molecule has 1 saturated heterocycles. The van der Waals surface area contributed by atoms with E-state index in [1.165, 1.54) is 0 Å². The summed E-state index contributed by atoms with van der Waals surface area (Å²) < 4.78 is 6.23. The molecule has 1 aromatic carbocycles. The van der Waals surface area contributed by atoms with Gasteiger partial charge in [0.25, 0.3) is 0 Å². The predicted octanol–water partition coefficient (Wildman–Crippen LogP) is 2.81. The highest BCUT2D eigenvalue weighted by Crippen LogP contribution is 2.28. The van der Waals surface area contributed by atoms with Gasteiger partial charge in [0.1, 0.15) is 5.75 Å². The lowest BCUT2D eigenvalue weighted by atomic mass is 9.94. The van der Waals surface area contributed by atoms with E-state index in [4.69, 9.17) is 4.74 Å². The average Bonchev–Trinajstić information content (AvgIpc) is 2.32. The number of rotatable bonds is 3. The molecule has 0 spiro atoms. The van der Waals surface area contributed by atoms with Crippen LogP contribution < -0.4 is 5.32 Å². The van der Waals surface area contributed by atoms with Crippen molar-refractivity contribution in [1.82, 2.24) is 5.32 Å². The van der Waals surface area contributed by atoms with Crippen molar-refractivity contribution in [2.75, 3.05) is 13.2 Å². The second-order valence-electron chi connectivity index (χ2n) is 4.82. The van der Waals surface area contributed by atoms with Crippen molar-refractivity contribution in [1.29, 1.82) is 0 Å². The highest BCUT2D eigenvalue weighted by atomic mass is 79.9. The summed E-state index contributed by atoms with van der Waals surface area (Å²) >= 11 is 3.32. The molecule has 4 heteroatoms. The molecule has 1 aliphatic rings. The molecule has 1 unspecified atom stereocenters.